The number of hydrogen-bond donors (Lipinski definition) is 2. The van der Waals surface area contributed by atoms with Crippen molar-refractivity contribution in [2.45, 2.75) is 129 Å². The van der Waals surface area contributed by atoms with Gasteiger partial charge in [-0.05, 0) is 42.9 Å². The summed E-state index contributed by atoms with van der Waals surface area (Å²) in [5, 5.41) is 18.4. The van der Waals surface area contributed by atoms with Gasteiger partial charge in [0.15, 0.2) is 0 Å². The second kappa shape index (κ2) is 18.7. The van der Waals surface area contributed by atoms with Crippen LogP contribution in [-0.2, 0) is 12.8 Å². The van der Waals surface area contributed by atoms with Crippen LogP contribution < -0.4 is 4.65 Å². The van der Waals surface area contributed by atoms with Crippen molar-refractivity contribution in [1.29, 1.82) is 0 Å². The van der Waals surface area contributed by atoms with Crippen molar-refractivity contribution in [3.63, 3.8) is 0 Å². The Morgan fingerprint density at radius 2 is 1.10 bits per heavy atom. The predicted molar refractivity (Wildman–Crippen MR) is 130 cm³/mol. The molecule has 0 bridgehead atoms. The van der Waals surface area contributed by atoms with E-state index in [-0.39, 0.29) is 0 Å². The summed E-state index contributed by atoms with van der Waals surface area (Å²) in [6.45, 7) is 4.52. The quantitative estimate of drug-likeness (QED) is 0.171. The van der Waals surface area contributed by atoms with Gasteiger partial charge in [-0.2, -0.15) is 0 Å². The Morgan fingerprint density at radius 3 is 1.60 bits per heavy atom. The van der Waals surface area contributed by atoms with Gasteiger partial charge >= 0.3 is 7.32 Å². The molecule has 0 atom stereocenters. The van der Waals surface area contributed by atoms with E-state index in [0.29, 0.717) is 5.75 Å². The normalized spacial score (nSPS) is 11.1. The van der Waals surface area contributed by atoms with Gasteiger partial charge in [0.2, 0.25) is 0 Å². The minimum Gasteiger partial charge on any atom is -0.512 e. The molecule has 4 heteroatoms. The molecule has 0 saturated heterocycles. The lowest BCUT2D eigenvalue weighted by atomic mass is 9.98. The first kappa shape index (κ1) is 27.0. The number of aryl methyl sites for hydroxylation is 2. The molecule has 2 N–H and O–H groups in total. The standard InChI is InChI=1S/C26H47BO3/c1-3-5-7-9-11-13-15-17-19-24-21-22-26(30-27(28)29)25(23-24)20-18-16-14-12-10-8-6-4-2/h21-23,28-29H,3-20H2,1-2H3. The minimum absolute atomic E-state index is 0.618. The van der Waals surface area contributed by atoms with Crippen LogP contribution in [0.15, 0.2) is 18.2 Å². The lowest BCUT2D eigenvalue weighted by Gasteiger charge is -2.13. The molecule has 3 nitrogen and oxygen atoms in total. The molecule has 0 spiro atoms. The zero-order valence-electron chi connectivity index (χ0n) is 19.8. The van der Waals surface area contributed by atoms with E-state index in [9.17, 15) is 10.0 Å². The molecule has 0 heterocycles. The average Bonchev–Trinajstić information content (AvgIpc) is 2.73. The van der Waals surface area contributed by atoms with Crippen molar-refractivity contribution in [3.05, 3.63) is 29.3 Å². The third-order valence-corrected chi connectivity index (χ3v) is 5.98. The molecular weight excluding hydrogens is 371 g/mol. The number of benzene rings is 1. The van der Waals surface area contributed by atoms with E-state index in [1.54, 1.807) is 0 Å². The fraction of sp³-hybridized carbons (Fsp3) is 0.769. The molecule has 0 aromatic heterocycles. The van der Waals surface area contributed by atoms with Gasteiger partial charge in [-0.3, -0.25) is 0 Å². The largest absolute Gasteiger partial charge is 0.707 e. The number of unbranched alkanes of at least 4 members (excludes halogenated alkanes) is 14. The van der Waals surface area contributed by atoms with Gasteiger partial charge < -0.3 is 14.7 Å². The van der Waals surface area contributed by atoms with Gasteiger partial charge in [0, 0.05) is 0 Å². The van der Waals surface area contributed by atoms with E-state index in [0.717, 1.165) is 24.8 Å². The maximum atomic E-state index is 9.22. The molecule has 172 valence electrons. The van der Waals surface area contributed by atoms with Crippen LogP contribution in [0.4, 0.5) is 0 Å². The highest BCUT2D eigenvalue weighted by molar-refractivity contribution is 6.33. The predicted octanol–water partition coefficient (Wildman–Crippen LogP) is 7.40. The van der Waals surface area contributed by atoms with Crippen molar-refractivity contribution in [2.24, 2.45) is 0 Å². The van der Waals surface area contributed by atoms with Crippen LogP contribution in [0, 0.1) is 0 Å². The lowest BCUT2D eigenvalue weighted by Crippen LogP contribution is -2.21. The van der Waals surface area contributed by atoms with E-state index in [1.165, 1.54) is 102 Å². The summed E-state index contributed by atoms with van der Waals surface area (Å²) in [7, 11) is -1.75. The van der Waals surface area contributed by atoms with Crippen molar-refractivity contribution in [3.8, 4) is 5.75 Å². The van der Waals surface area contributed by atoms with Crippen LogP contribution in [0.25, 0.3) is 0 Å². The van der Waals surface area contributed by atoms with Crippen molar-refractivity contribution in [1.82, 2.24) is 0 Å². The first-order valence-corrected chi connectivity index (χ1v) is 12.8. The highest BCUT2D eigenvalue weighted by Gasteiger charge is 2.14. The van der Waals surface area contributed by atoms with Crippen molar-refractivity contribution >= 4 is 7.32 Å². The molecule has 0 aliphatic carbocycles. The molecule has 0 fully saturated rings. The summed E-state index contributed by atoms with van der Waals surface area (Å²) in [6.07, 6.45) is 23.1. The topological polar surface area (TPSA) is 49.7 Å². The Bertz CT molecular complexity index is 519. The SMILES string of the molecule is CCCCCCCCCCc1ccc(OB(O)O)c(CCCCCCCCCC)c1. The molecule has 0 saturated carbocycles. The maximum Gasteiger partial charge on any atom is 0.707 e. The second-order valence-electron chi connectivity index (χ2n) is 8.84. The molecule has 0 radical (unpaired) electrons. The number of rotatable bonds is 20. The summed E-state index contributed by atoms with van der Waals surface area (Å²) in [5.74, 6) is 0.618. The average molecular weight is 418 g/mol. The Labute approximate surface area is 186 Å². The molecule has 0 amide bonds. The Kier molecular flexibility index (Phi) is 16.9. The fourth-order valence-electron chi connectivity index (χ4n) is 4.12. The Morgan fingerprint density at radius 1 is 0.633 bits per heavy atom. The first-order valence-electron chi connectivity index (χ1n) is 12.8. The first-order chi connectivity index (χ1) is 14.7. The van der Waals surface area contributed by atoms with Crippen LogP contribution in [-0.4, -0.2) is 17.4 Å². The van der Waals surface area contributed by atoms with Gasteiger partial charge in [0.25, 0.3) is 0 Å². The zero-order valence-corrected chi connectivity index (χ0v) is 19.8. The molecular formula is C26H47BO3. The molecule has 30 heavy (non-hydrogen) atoms. The summed E-state index contributed by atoms with van der Waals surface area (Å²) >= 11 is 0. The van der Waals surface area contributed by atoms with Gasteiger partial charge in [0.05, 0.1) is 0 Å². The van der Waals surface area contributed by atoms with Gasteiger partial charge in [-0.15, -0.1) is 0 Å². The Balaban J connectivity index is 2.36. The molecule has 1 aromatic carbocycles. The summed E-state index contributed by atoms with van der Waals surface area (Å²) in [4.78, 5) is 0. The minimum atomic E-state index is -1.75. The monoisotopic (exact) mass is 418 g/mol. The van der Waals surface area contributed by atoms with E-state index < -0.39 is 7.32 Å². The second-order valence-corrected chi connectivity index (χ2v) is 8.84. The fourth-order valence-corrected chi connectivity index (χ4v) is 4.12. The summed E-state index contributed by atoms with van der Waals surface area (Å²) in [5.41, 5.74) is 2.46. The van der Waals surface area contributed by atoms with Crippen LogP contribution in [0.1, 0.15) is 128 Å². The van der Waals surface area contributed by atoms with Crippen molar-refractivity contribution < 1.29 is 14.7 Å². The van der Waals surface area contributed by atoms with Gasteiger partial charge in [-0.1, -0.05) is 116 Å². The highest BCUT2D eigenvalue weighted by Crippen LogP contribution is 2.24. The zero-order chi connectivity index (χ0) is 21.9. The third-order valence-electron chi connectivity index (χ3n) is 5.98. The molecule has 1 rings (SSSR count). The smallest absolute Gasteiger partial charge is 0.512 e. The maximum absolute atomic E-state index is 9.22. The molecule has 1 aromatic rings. The summed E-state index contributed by atoms with van der Waals surface area (Å²) < 4.78 is 5.22. The van der Waals surface area contributed by atoms with Crippen molar-refractivity contribution in [2.75, 3.05) is 0 Å². The van der Waals surface area contributed by atoms with E-state index in [2.05, 4.69) is 26.0 Å². The van der Waals surface area contributed by atoms with E-state index in [1.807, 2.05) is 6.07 Å². The molecule has 0 aliphatic heterocycles. The van der Waals surface area contributed by atoms with Gasteiger partial charge in [0.1, 0.15) is 5.75 Å². The third kappa shape index (κ3) is 14.1. The van der Waals surface area contributed by atoms with E-state index >= 15 is 0 Å². The lowest BCUT2D eigenvalue weighted by molar-refractivity contribution is 0.286. The van der Waals surface area contributed by atoms with Crippen LogP contribution in [0.5, 0.6) is 5.75 Å². The van der Waals surface area contributed by atoms with Gasteiger partial charge in [-0.25, -0.2) is 0 Å². The van der Waals surface area contributed by atoms with Crippen LogP contribution >= 0.6 is 0 Å². The van der Waals surface area contributed by atoms with Crippen LogP contribution in [0.2, 0.25) is 0 Å². The summed E-state index contributed by atoms with van der Waals surface area (Å²) in [6, 6.07) is 6.22. The van der Waals surface area contributed by atoms with E-state index in [4.69, 9.17) is 4.65 Å². The Hall–Kier alpha value is -0.995. The molecule has 0 unspecified atom stereocenters. The number of hydrogen-bond acceptors (Lipinski definition) is 3. The molecule has 0 aliphatic rings. The highest BCUT2D eigenvalue weighted by atomic mass is 16.6. The van der Waals surface area contributed by atoms with Crippen LogP contribution in [0.3, 0.4) is 0 Å².